The van der Waals surface area contributed by atoms with E-state index in [2.05, 4.69) is 20.3 Å². The van der Waals surface area contributed by atoms with Gasteiger partial charge in [0, 0.05) is 42.6 Å². The Kier molecular flexibility index (Phi) is 5.74. The minimum atomic E-state index is -0.291. The lowest BCUT2D eigenvalue weighted by Gasteiger charge is -2.11. The highest BCUT2D eigenvalue weighted by molar-refractivity contribution is 6.31. The molecule has 0 atom stereocenters. The van der Waals surface area contributed by atoms with Gasteiger partial charge in [-0.3, -0.25) is 14.6 Å². The summed E-state index contributed by atoms with van der Waals surface area (Å²) in [6.45, 7) is 4.59. The number of amides is 1. The average Bonchev–Trinajstić information content (AvgIpc) is 3.15. The largest absolute Gasteiger partial charge is 0.384 e. The number of aryl methyl sites for hydroxylation is 2. The second kappa shape index (κ2) is 8.88. The number of fused-ring (bicyclic) bond motifs is 2. The molecule has 0 fully saturated rings. The predicted octanol–water partition coefficient (Wildman–Crippen LogP) is 4.10. The molecular formula is C26H23ClN6O2. The maximum atomic E-state index is 13.2. The molecule has 4 heterocycles. The van der Waals surface area contributed by atoms with Crippen molar-refractivity contribution in [2.45, 2.75) is 26.9 Å². The van der Waals surface area contributed by atoms with Gasteiger partial charge in [0.15, 0.2) is 0 Å². The van der Waals surface area contributed by atoms with E-state index in [4.69, 9.17) is 17.3 Å². The maximum absolute atomic E-state index is 13.2. The number of H-pyrrole nitrogens is 1. The molecule has 5 rings (SSSR count). The van der Waals surface area contributed by atoms with Gasteiger partial charge in [0.1, 0.15) is 5.82 Å². The Labute approximate surface area is 205 Å². The van der Waals surface area contributed by atoms with E-state index >= 15 is 0 Å². The van der Waals surface area contributed by atoms with Crippen LogP contribution in [0.4, 0.5) is 5.82 Å². The lowest BCUT2D eigenvalue weighted by molar-refractivity contribution is 0.0952. The number of nitrogen functional groups attached to an aromatic ring is 1. The SMILES string of the molecule is Cc1cc(N)nc(C)c1CNC(=O)c1cn(Cc2ccc3ncc(Cl)cc3c2)c2ccc(=O)[nH]c12. The fourth-order valence-corrected chi connectivity index (χ4v) is 4.54. The van der Waals surface area contributed by atoms with Gasteiger partial charge in [-0.05, 0) is 60.9 Å². The Balaban J connectivity index is 1.47. The Morgan fingerprint density at radius 2 is 2.00 bits per heavy atom. The lowest BCUT2D eigenvalue weighted by Crippen LogP contribution is -2.24. The molecule has 0 aliphatic carbocycles. The quantitative estimate of drug-likeness (QED) is 0.345. The fraction of sp³-hybridized carbons (Fsp3) is 0.154. The molecule has 0 saturated heterocycles. The number of anilines is 1. The first-order valence-corrected chi connectivity index (χ1v) is 11.4. The lowest BCUT2D eigenvalue weighted by atomic mass is 10.1. The van der Waals surface area contributed by atoms with E-state index in [1.54, 1.807) is 24.5 Å². The molecule has 1 aromatic carbocycles. The van der Waals surface area contributed by atoms with E-state index in [-0.39, 0.29) is 11.5 Å². The van der Waals surface area contributed by atoms with Crippen LogP contribution < -0.4 is 16.6 Å². The summed E-state index contributed by atoms with van der Waals surface area (Å²) in [7, 11) is 0. The van der Waals surface area contributed by atoms with Gasteiger partial charge in [0.05, 0.1) is 27.1 Å². The molecule has 35 heavy (non-hydrogen) atoms. The summed E-state index contributed by atoms with van der Waals surface area (Å²) in [5.41, 5.74) is 11.7. The molecule has 0 bridgehead atoms. The number of nitrogens with one attached hydrogen (secondary N) is 2. The Morgan fingerprint density at radius 3 is 2.80 bits per heavy atom. The van der Waals surface area contributed by atoms with Gasteiger partial charge >= 0.3 is 0 Å². The molecule has 8 nitrogen and oxygen atoms in total. The van der Waals surface area contributed by atoms with Crippen LogP contribution in [-0.2, 0) is 13.1 Å². The second-order valence-corrected chi connectivity index (χ2v) is 8.98. The number of aromatic nitrogens is 4. The van der Waals surface area contributed by atoms with Crippen LogP contribution in [0.15, 0.2) is 59.7 Å². The Hall–Kier alpha value is -4.17. The first-order valence-electron chi connectivity index (χ1n) is 11.1. The number of hydrogen-bond acceptors (Lipinski definition) is 5. The summed E-state index contributed by atoms with van der Waals surface area (Å²) in [5.74, 6) is 0.156. The van der Waals surface area contributed by atoms with Crippen LogP contribution in [0.2, 0.25) is 5.02 Å². The van der Waals surface area contributed by atoms with Crippen LogP contribution in [-0.4, -0.2) is 25.4 Å². The molecule has 0 saturated carbocycles. The highest BCUT2D eigenvalue weighted by atomic mass is 35.5. The number of rotatable bonds is 5. The molecule has 0 aliphatic rings. The van der Waals surface area contributed by atoms with Crippen LogP contribution in [0.3, 0.4) is 0 Å². The van der Waals surface area contributed by atoms with Crippen molar-refractivity contribution >= 4 is 45.3 Å². The van der Waals surface area contributed by atoms with Crippen molar-refractivity contribution in [3.63, 3.8) is 0 Å². The molecule has 0 aliphatic heterocycles. The molecule has 5 aromatic rings. The summed E-state index contributed by atoms with van der Waals surface area (Å²) >= 11 is 6.11. The van der Waals surface area contributed by atoms with Crippen LogP contribution >= 0.6 is 11.6 Å². The molecule has 176 valence electrons. The van der Waals surface area contributed by atoms with Crippen molar-refractivity contribution in [3.05, 3.63) is 98.2 Å². The van der Waals surface area contributed by atoms with Gasteiger partial charge in [-0.15, -0.1) is 0 Å². The van der Waals surface area contributed by atoms with Crippen molar-refractivity contribution < 1.29 is 4.79 Å². The molecule has 0 spiro atoms. The second-order valence-electron chi connectivity index (χ2n) is 8.54. The van der Waals surface area contributed by atoms with Gasteiger partial charge < -0.3 is 20.6 Å². The summed E-state index contributed by atoms with van der Waals surface area (Å²) in [6.07, 6.45) is 3.38. The van der Waals surface area contributed by atoms with E-state index in [9.17, 15) is 9.59 Å². The van der Waals surface area contributed by atoms with Crippen molar-refractivity contribution in [2.24, 2.45) is 0 Å². The number of carbonyl (C=O) groups is 1. The summed E-state index contributed by atoms with van der Waals surface area (Å²) in [5, 5.41) is 4.46. The molecule has 4 N–H and O–H groups in total. The molecule has 4 aromatic heterocycles. The number of nitrogens with two attached hydrogens (primary N) is 1. The number of hydrogen-bond donors (Lipinski definition) is 3. The average molecular weight is 487 g/mol. The molecule has 0 radical (unpaired) electrons. The van der Waals surface area contributed by atoms with E-state index in [0.29, 0.717) is 35.0 Å². The Bertz CT molecular complexity index is 1650. The van der Waals surface area contributed by atoms with E-state index < -0.39 is 0 Å². The topological polar surface area (TPSA) is 119 Å². The van der Waals surface area contributed by atoms with Crippen LogP contribution in [0.5, 0.6) is 0 Å². The summed E-state index contributed by atoms with van der Waals surface area (Å²) in [4.78, 5) is 36.7. The van der Waals surface area contributed by atoms with Gasteiger partial charge in [-0.1, -0.05) is 17.7 Å². The number of benzene rings is 1. The third kappa shape index (κ3) is 4.48. The standard InChI is InChI=1S/C26H23ClN6O2/c1-14-7-23(28)31-15(2)19(14)11-30-26(35)20-13-33(22-5-6-24(34)32-25(20)22)12-16-3-4-21-17(8-16)9-18(27)10-29-21/h3-10,13H,11-12H2,1-2H3,(H2,28,31)(H,30,35)(H,32,34). The zero-order valence-corrected chi connectivity index (χ0v) is 20.0. The number of halogens is 1. The maximum Gasteiger partial charge on any atom is 0.255 e. The highest BCUT2D eigenvalue weighted by Gasteiger charge is 2.17. The molecule has 9 heteroatoms. The fourth-order valence-electron chi connectivity index (χ4n) is 4.37. The summed E-state index contributed by atoms with van der Waals surface area (Å²) < 4.78 is 1.95. The van der Waals surface area contributed by atoms with E-state index in [0.717, 1.165) is 38.8 Å². The van der Waals surface area contributed by atoms with Crippen molar-refractivity contribution in [2.75, 3.05) is 5.73 Å². The predicted molar refractivity (Wildman–Crippen MR) is 138 cm³/mol. The van der Waals surface area contributed by atoms with E-state index in [1.807, 2.05) is 42.7 Å². The number of aromatic amines is 1. The molecular weight excluding hydrogens is 464 g/mol. The van der Waals surface area contributed by atoms with Gasteiger partial charge in [-0.25, -0.2) is 4.98 Å². The number of pyridine rings is 3. The summed E-state index contributed by atoms with van der Waals surface area (Å²) in [6, 6.07) is 12.8. The van der Waals surface area contributed by atoms with Gasteiger partial charge in [-0.2, -0.15) is 0 Å². The molecule has 0 unspecified atom stereocenters. The molecule has 1 amide bonds. The Morgan fingerprint density at radius 1 is 1.17 bits per heavy atom. The highest BCUT2D eigenvalue weighted by Crippen LogP contribution is 2.23. The van der Waals surface area contributed by atoms with Crippen molar-refractivity contribution in [1.29, 1.82) is 0 Å². The zero-order chi connectivity index (χ0) is 24.7. The van der Waals surface area contributed by atoms with Crippen LogP contribution in [0.1, 0.15) is 32.7 Å². The minimum absolute atomic E-state index is 0.273. The van der Waals surface area contributed by atoms with Crippen molar-refractivity contribution in [1.82, 2.24) is 24.8 Å². The van der Waals surface area contributed by atoms with Crippen LogP contribution in [0, 0.1) is 13.8 Å². The third-order valence-corrected chi connectivity index (χ3v) is 6.28. The zero-order valence-electron chi connectivity index (χ0n) is 19.2. The third-order valence-electron chi connectivity index (χ3n) is 6.07. The van der Waals surface area contributed by atoms with Crippen molar-refractivity contribution in [3.8, 4) is 0 Å². The normalized spacial score (nSPS) is 11.3. The van der Waals surface area contributed by atoms with Gasteiger partial charge in [0.2, 0.25) is 5.56 Å². The van der Waals surface area contributed by atoms with Crippen LogP contribution in [0.25, 0.3) is 21.9 Å². The van der Waals surface area contributed by atoms with E-state index in [1.165, 1.54) is 6.07 Å². The smallest absolute Gasteiger partial charge is 0.255 e. The van der Waals surface area contributed by atoms with Gasteiger partial charge in [0.25, 0.3) is 5.91 Å². The first kappa shape index (κ1) is 22.6. The minimum Gasteiger partial charge on any atom is -0.384 e. The first-order chi connectivity index (χ1) is 16.8. The number of carbonyl (C=O) groups excluding carboxylic acids is 1. The number of nitrogens with zero attached hydrogens (tertiary/aromatic N) is 3. The monoisotopic (exact) mass is 486 g/mol.